The predicted molar refractivity (Wildman–Crippen MR) is 111 cm³/mol. The molecule has 10 nitrogen and oxygen atoms in total. The second-order valence-electron chi connectivity index (χ2n) is 8.79. The van der Waals surface area contributed by atoms with Crippen molar-refractivity contribution in [2.75, 3.05) is 0 Å². The van der Waals surface area contributed by atoms with Crippen LogP contribution in [0.3, 0.4) is 0 Å². The Balaban J connectivity index is 1.38. The molecule has 2 aliphatic rings. The lowest BCUT2D eigenvalue weighted by molar-refractivity contribution is -0.140. The molecule has 1 saturated heterocycles. The first-order chi connectivity index (χ1) is 14.8. The lowest BCUT2D eigenvalue weighted by Crippen LogP contribution is -2.52. The van der Waals surface area contributed by atoms with Crippen molar-refractivity contribution in [1.29, 1.82) is 0 Å². The van der Waals surface area contributed by atoms with Gasteiger partial charge in [0.25, 0.3) is 11.8 Å². The van der Waals surface area contributed by atoms with E-state index in [-0.39, 0.29) is 6.54 Å². The first-order valence-corrected chi connectivity index (χ1v) is 10.6. The van der Waals surface area contributed by atoms with Crippen LogP contribution in [0.2, 0.25) is 0 Å². The number of tetrazole rings is 1. The van der Waals surface area contributed by atoms with E-state index in [1.807, 2.05) is 24.3 Å². The van der Waals surface area contributed by atoms with E-state index in [0.717, 1.165) is 28.2 Å². The number of hydrogen-bond donors (Lipinski definition) is 2. The van der Waals surface area contributed by atoms with Crippen LogP contribution in [-0.4, -0.2) is 48.6 Å². The fourth-order valence-electron chi connectivity index (χ4n) is 4.05. The van der Waals surface area contributed by atoms with Gasteiger partial charge >= 0.3 is 6.03 Å². The number of carbonyl (C=O) groups is 3. The van der Waals surface area contributed by atoms with Gasteiger partial charge in [-0.15, -0.1) is 10.2 Å². The highest BCUT2D eigenvalue weighted by molar-refractivity contribution is 6.08. The summed E-state index contributed by atoms with van der Waals surface area (Å²) < 4.78 is 0. The van der Waals surface area contributed by atoms with E-state index in [0.29, 0.717) is 30.5 Å². The second kappa shape index (κ2) is 8.09. The van der Waals surface area contributed by atoms with Crippen LogP contribution >= 0.6 is 0 Å². The molecule has 1 aromatic heterocycles. The molecule has 1 aliphatic heterocycles. The van der Waals surface area contributed by atoms with Crippen molar-refractivity contribution in [3.63, 3.8) is 0 Å². The zero-order valence-corrected chi connectivity index (χ0v) is 18.0. The lowest BCUT2D eigenvalue weighted by Gasteiger charge is -2.33. The van der Waals surface area contributed by atoms with E-state index in [1.165, 1.54) is 5.56 Å². The van der Waals surface area contributed by atoms with E-state index in [4.69, 9.17) is 0 Å². The SMILES string of the molecule is CC1CCC2(CC1)NC(=O)N(NC(=O)Cn1nnc(-c3ccc(C(C)C)cc3)n1)C2=O. The smallest absolute Gasteiger partial charge is 0.322 e. The summed E-state index contributed by atoms with van der Waals surface area (Å²) in [6.07, 6.45) is 2.87. The predicted octanol–water partition coefficient (Wildman–Crippen LogP) is 2.00. The normalized spacial score (nSPS) is 23.5. The van der Waals surface area contributed by atoms with E-state index in [2.05, 4.69) is 46.9 Å². The van der Waals surface area contributed by atoms with Crippen LogP contribution in [-0.2, 0) is 16.1 Å². The number of carbonyl (C=O) groups excluding carboxylic acids is 3. The Bertz CT molecular complexity index is 991. The Morgan fingerprint density at radius 2 is 1.90 bits per heavy atom. The minimum atomic E-state index is -0.905. The largest absolute Gasteiger partial charge is 0.344 e. The number of rotatable bonds is 5. The maximum atomic E-state index is 12.8. The van der Waals surface area contributed by atoms with Gasteiger partial charge in [0.05, 0.1) is 0 Å². The van der Waals surface area contributed by atoms with Gasteiger partial charge in [0, 0.05) is 5.56 Å². The van der Waals surface area contributed by atoms with Crippen molar-refractivity contribution >= 4 is 17.8 Å². The van der Waals surface area contributed by atoms with Gasteiger partial charge in [0.1, 0.15) is 12.1 Å². The summed E-state index contributed by atoms with van der Waals surface area (Å²) >= 11 is 0. The number of hydrazine groups is 1. The third-order valence-corrected chi connectivity index (χ3v) is 6.10. The molecule has 1 aliphatic carbocycles. The van der Waals surface area contributed by atoms with E-state index in [1.54, 1.807) is 0 Å². The van der Waals surface area contributed by atoms with Crippen LogP contribution in [0.5, 0.6) is 0 Å². The highest BCUT2D eigenvalue weighted by Crippen LogP contribution is 2.35. The zero-order chi connectivity index (χ0) is 22.2. The third kappa shape index (κ3) is 4.14. The Morgan fingerprint density at radius 1 is 1.23 bits per heavy atom. The van der Waals surface area contributed by atoms with Gasteiger partial charge in [-0.25, -0.2) is 4.79 Å². The number of aromatic nitrogens is 4. The number of imide groups is 1. The summed E-state index contributed by atoms with van der Waals surface area (Å²) in [5.41, 5.74) is 3.47. The van der Waals surface area contributed by atoms with Gasteiger partial charge in [-0.05, 0) is 48.3 Å². The number of benzene rings is 1. The van der Waals surface area contributed by atoms with Crippen LogP contribution in [0, 0.1) is 5.92 Å². The molecular formula is C21H27N7O3. The Hall–Kier alpha value is -3.30. The number of urea groups is 1. The second-order valence-corrected chi connectivity index (χ2v) is 8.79. The number of nitrogens with zero attached hydrogens (tertiary/aromatic N) is 5. The van der Waals surface area contributed by atoms with Gasteiger partial charge in [-0.3, -0.25) is 15.0 Å². The molecule has 1 aromatic carbocycles. The quantitative estimate of drug-likeness (QED) is 0.707. The zero-order valence-electron chi connectivity index (χ0n) is 18.0. The fourth-order valence-corrected chi connectivity index (χ4v) is 4.05. The molecule has 0 bridgehead atoms. The van der Waals surface area contributed by atoms with Crippen molar-refractivity contribution in [2.24, 2.45) is 5.92 Å². The molecule has 2 fully saturated rings. The standard InChI is InChI=1S/C21H27N7O3/c1-13(2)15-4-6-16(7-5-15)18-23-26-27(25-18)12-17(29)24-28-19(30)21(22-20(28)31)10-8-14(3)9-11-21/h4-7,13-14H,8-12H2,1-3H3,(H,22,31)(H,24,29). The van der Waals surface area contributed by atoms with Gasteiger partial charge in [-0.2, -0.15) is 9.81 Å². The highest BCUT2D eigenvalue weighted by Gasteiger charge is 2.52. The summed E-state index contributed by atoms with van der Waals surface area (Å²) in [6.45, 7) is 6.10. The van der Waals surface area contributed by atoms with E-state index >= 15 is 0 Å². The summed E-state index contributed by atoms with van der Waals surface area (Å²) in [5, 5.41) is 15.7. The van der Waals surface area contributed by atoms with Gasteiger partial charge in [0.2, 0.25) is 5.82 Å². The molecule has 0 unspecified atom stereocenters. The monoisotopic (exact) mass is 425 g/mol. The van der Waals surface area contributed by atoms with Crippen LogP contribution in [0.4, 0.5) is 4.79 Å². The van der Waals surface area contributed by atoms with E-state index in [9.17, 15) is 14.4 Å². The molecular weight excluding hydrogens is 398 g/mol. The molecule has 2 heterocycles. The summed E-state index contributed by atoms with van der Waals surface area (Å²) in [7, 11) is 0. The van der Waals surface area contributed by atoms with Crippen molar-refractivity contribution < 1.29 is 14.4 Å². The number of amides is 4. The van der Waals surface area contributed by atoms with E-state index < -0.39 is 23.4 Å². The highest BCUT2D eigenvalue weighted by atomic mass is 16.2. The van der Waals surface area contributed by atoms with Gasteiger partial charge in [-0.1, -0.05) is 45.0 Å². The first kappa shape index (κ1) is 21.0. The molecule has 31 heavy (non-hydrogen) atoms. The molecule has 2 aromatic rings. The van der Waals surface area contributed by atoms with Crippen molar-refractivity contribution in [3.8, 4) is 11.4 Å². The van der Waals surface area contributed by atoms with Crippen LogP contribution in [0.25, 0.3) is 11.4 Å². The van der Waals surface area contributed by atoms with Crippen molar-refractivity contribution in [1.82, 2.24) is 36.0 Å². The average Bonchev–Trinajstić information content (AvgIpc) is 3.29. The minimum absolute atomic E-state index is 0.266. The Kier molecular flexibility index (Phi) is 5.47. The molecule has 164 valence electrons. The molecule has 4 rings (SSSR count). The maximum absolute atomic E-state index is 12.8. The van der Waals surface area contributed by atoms with Crippen LogP contribution < -0.4 is 10.7 Å². The number of nitrogens with one attached hydrogen (secondary N) is 2. The molecule has 2 N–H and O–H groups in total. The fraction of sp³-hybridized carbons (Fsp3) is 0.524. The number of hydrogen-bond acceptors (Lipinski definition) is 6. The lowest BCUT2D eigenvalue weighted by atomic mass is 9.77. The van der Waals surface area contributed by atoms with Crippen molar-refractivity contribution in [2.45, 2.75) is 64.5 Å². The summed E-state index contributed by atoms with van der Waals surface area (Å²) in [6, 6.07) is 7.23. The van der Waals surface area contributed by atoms with Crippen LogP contribution in [0.1, 0.15) is 57.9 Å². The summed E-state index contributed by atoms with van der Waals surface area (Å²) in [5.74, 6) is 0.351. The average molecular weight is 425 g/mol. The minimum Gasteiger partial charge on any atom is -0.322 e. The molecule has 1 saturated carbocycles. The molecule has 0 radical (unpaired) electrons. The van der Waals surface area contributed by atoms with Gasteiger partial charge in [0.15, 0.2) is 0 Å². The molecule has 4 amide bonds. The first-order valence-electron chi connectivity index (χ1n) is 10.6. The Morgan fingerprint density at radius 3 is 2.55 bits per heavy atom. The molecule has 0 atom stereocenters. The molecule has 1 spiro atoms. The topological polar surface area (TPSA) is 122 Å². The third-order valence-electron chi connectivity index (χ3n) is 6.10. The molecule has 10 heteroatoms. The summed E-state index contributed by atoms with van der Waals surface area (Å²) in [4.78, 5) is 38.7. The van der Waals surface area contributed by atoms with Gasteiger partial charge < -0.3 is 5.32 Å². The van der Waals surface area contributed by atoms with Crippen molar-refractivity contribution in [3.05, 3.63) is 29.8 Å². The Labute approximate surface area is 180 Å². The maximum Gasteiger partial charge on any atom is 0.344 e. The van der Waals surface area contributed by atoms with Crippen LogP contribution in [0.15, 0.2) is 24.3 Å².